The molecule has 0 fully saturated rings. The van der Waals surface area contributed by atoms with Gasteiger partial charge in [-0.3, -0.25) is 4.99 Å². The summed E-state index contributed by atoms with van der Waals surface area (Å²) in [6, 6.07) is 0. The maximum absolute atomic E-state index is 5.42. The molecule has 2 N–H and O–H groups in total. The summed E-state index contributed by atoms with van der Waals surface area (Å²) in [6.07, 6.45) is 3.00. The van der Waals surface area contributed by atoms with Gasteiger partial charge in [0.1, 0.15) is 0 Å². The molecule has 0 aliphatic rings. The summed E-state index contributed by atoms with van der Waals surface area (Å²) in [7, 11) is 3.47. The lowest BCUT2D eigenvalue weighted by Crippen LogP contribution is -2.38. The van der Waals surface area contributed by atoms with Gasteiger partial charge in [-0.15, -0.1) is 11.3 Å². The van der Waals surface area contributed by atoms with Crippen LogP contribution >= 0.6 is 11.3 Å². The number of ether oxygens (including phenoxy) is 2. The van der Waals surface area contributed by atoms with Gasteiger partial charge in [0.15, 0.2) is 5.96 Å². The number of aryl methyl sites for hydroxylation is 1. The Morgan fingerprint density at radius 1 is 1.23 bits per heavy atom. The third-order valence-electron chi connectivity index (χ3n) is 3.00. The molecule has 0 aliphatic heterocycles. The number of hydrogen-bond acceptors (Lipinski definition) is 5. The SMILES string of the molecule is CN=C(NCCCCOCCOC)NCCc1csc(C)n1. The summed E-state index contributed by atoms with van der Waals surface area (Å²) in [5, 5.41) is 9.83. The van der Waals surface area contributed by atoms with Crippen LogP contribution in [0.25, 0.3) is 0 Å². The second-order valence-electron chi connectivity index (χ2n) is 4.85. The Morgan fingerprint density at radius 2 is 2.05 bits per heavy atom. The minimum Gasteiger partial charge on any atom is -0.382 e. The van der Waals surface area contributed by atoms with E-state index in [0.717, 1.165) is 55.6 Å². The average molecular weight is 328 g/mol. The molecule has 0 spiro atoms. The van der Waals surface area contributed by atoms with Crippen LogP contribution in [0.1, 0.15) is 23.5 Å². The molecule has 0 saturated carbocycles. The highest BCUT2D eigenvalue weighted by atomic mass is 32.1. The zero-order valence-electron chi connectivity index (χ0n) is 13.9. The van der Waals surface area contributed by atoms with Crippen molar-refractivity contribution in [2.24, 2.45) is 4.99 Å². The normalized spacial score (nSPS) is 11.7. The molecule has 1 aromatic heterocycles. The van der Waals surface area contributed by atoms with E-state index in [2.05, 4.69) is 26.0 Å². The summed E-state index contributed by atoms with van der Waals surface area (Å²) >= 11 is 1.69. The van der Waals surface area contributed by atoms with Gasteiger partial charge in [0, 0.05) is 45.7 Å². The molecule has 0 atom stereocenters. The Balaban J connectivity index is 2.00. The summed E-state index contributed by atoms with van der Waals surface area (Å²) < 4.78 is 10.3. The third-order valence-corrected chi connectivity index (χ3v) is 3.83. The summed E-state index contributed by atoms with van der Waals surface area (Å²) in [5.74, 6) is 0.840. The second kappa shape index (κ2) is 12.4. The van der Waals surface area contributed by atoms with Crippen LogP contribution in [0, 0.1) is 6.92 Å². The van der Waals surface area contributed by atoms with Crippen LogP contribution in [0.15, 0.2) is 10.4 Å². The lowest BCUT2D eigenvalue weighted by molar-refractivity contribution is 0.0689. The topological polar surface area (TPSA) is 67.8 Å². The van der Waals surface area contributed by atoms with Crippen LogP contribution in [-0.4, -0.2) is 58.0 Å². The minimum atomic E-state index is 0.660. The van der Waals surface area contributed by atoms with Gasteiger partial charge in [-0.25, -0.2) is 4.98 Å². The van der Waals surface area contributed by atoms with Crippen molar-refractivity contribution in [2.75, 3.05) is 47.1 Å². The number of methoxy groups -OCH3 is 1. The average Bonchev–Trinajstić information content (AvgIpc) is 2.93. The van der Waals surface area contributed by atoms with E-state index in [4.69, 9.17) is 9.47 Å². The van der Waals surface area contributed by atoms with E-state index in [1.165, 1.54) is 0 Å². The lowest BCUT2D eigenvalue weighted by Gasteiger charge is -2.11. The number of unbranched alkanes of at least 4 members (excludes halogenated alkanes) is 1. The molecule has 0 unspecified atom stereocenters. The van der Waals surface area contributed by atoms with Crippen LogP contribution in [0.3, 0.4) is 0 Å². The van der Waals surface area contributed by atoms with E-state index >= 15 is 0 Å². The number of rotatable bonds is 11. The van der Waals surface area contributed by atoms with Crippen molar-refractivity contribution >= 4 is 17.3 Å². The van der Waals surface area contributed by atoms with Crippen LogP contribution < -0.4 is 10.6 Å². The molecule has 1 rings (SSSR count). The molecule has 0 amide bonds. The first-order chi connectivity index (χ1) is 10.8. The van der Waals surface area contributed by atoms with E-state index in [0.29, 0.717) is 13.2 Å². The van der Waals surface area contributed by atoms with Gasteiger partial charge >= 0.3 is 0 Å². The highest BCUT2D eigenvalue weighted by molar-refractivity contribution is 7.09. The largest absolute Gasteiger partial charge is 0.382 e. The number of aromatic nitrogens is 1. The van der Waals surface area contributed by atoms with Crippen LogP contribution in [0.2, 0.25) is 0 Å². The zero-order chi connectivity index (χ0) is 16.0. The number of nitrogens with one attached hydrogen (secondary N) is 2. The van der Waals surface area contributed by atoms with Crippen LogP contribution in [0.5, 0.6) is 0 Å². The van der Waals surface area contributed by atoms with Crippen LogP contribution in [0.4, 0.5) is 0 Å². The number of aliphatic imine (C=N–C) groups is 1. The van der Waals surface area contributed by atoms with Crippen molar-refractivity contribution in [1.29, 1.82) is 0 Å². The van der Waals surface area contributed by atoms with E-state index < -0.39 is 0 Å². The van der Waals surface area contributed by atoms with Crippen molar-refractivity contribution < 1.29 is 9.47 Å². The summed E-state index contributed by atoms with van der Waals surface area (Å²) in [4.78, 5) is 8.66. The lowest BCUT2D eigenvalue weighted by atomic mass is 10.3. The van der Waals surface area contributed by atoms with Crippen molar-refractivity contribution in [3.05, 3.63) is 16.1 Å². The first-order valence-corrected chi connectivity index (χ1v) is 8.56. The Kier molecular flexibility index (Phi) is 10.6. The maximum Gasteiger partial charge on any atom is 0.190 e. The van der Waals surface area contributed by atoms with Gasteiger partial charge in [-0.05, 0) is 19.8 Å². The number of guanidine groups is 1. The van der Waals surface area contributed by atoms with Gasteiger partial charge < -0.3 is 20.1 Å². The maximum atomic E-state index is 5.42. The van der Waals surface area contributed by atoms with Crippen molar-refractivity contribution in [3.8, 4) is 0 Å². The monoisotopic (exact) mass is 328 g/mol. The first kappa shape index (κ1) is 18.9. The number of nitrogens with zero attached hydrogens (tertiary/aromatic N) is 2. The molecule has 1 heterocycles. The molecule has 1 aromatic rings. The molecule has 0 aliphatic carbocycles. The van der Waals surface area contributed by atoms with Crippen molar-refractivity contribution in [3.63, 3.8) is 0 Å². The molecule has 126 valence electrons. The van der Waals surface area contributed by atoms with Gasteiger partial charge in [-0.1, -0.05) is 0 Å². The first-order valence-electron chi connectivity index (χ1n) is 7.68. The molecule has 22 heavy (non-hydrogen) atoms. The van der Waals surface area contributed by atoms with Crippen molar-refractivity contribution in [2.45, 2.75) is 26.2 Å². The van der Waals surface area contributed by atoms with Gasteiger partial charge in [0.25, 0.3) is 0 Å². The molecular formula is C15H28N4O2S. The highest BCUT2D eigenvalue weighted by Gasteiger charge is 2.00. The molecule has 6 nitrogen and oxygen atoms in total. The highest BCUT2D eigenvalue weighted by Crippen LogP contribution is 2.07. The third kappa shape index (κ3) is 8.96. The molecule has 0 saturated heterocycles. The Bertz CT molecular complexity index is 423. The van der Waals surface area contributed by atoms with Gasteiger partial charge in [0.05, 0.1) is 23.9 Å². The van der Waals surface area contributed by atoms with Gasteiger partial charge in [-0.2, -0.15) is 0 Å². The Hall–Kier alpha value is -1.18. The predicted octanol–water partition coefficient (Wildman–Crippen LogP) is 1.60. The Morgan fingerprint density at radius 3 is 2.73 bits per heavy atom. The number of thiazole rings is 1. The predicted molar refractivity (Wildman–Crippen MR) is 91.8 cm³/mol. The fourth-order valence-corrected chi connectivity index (χ4v) is 2.48. The fraction of sp³-hybridized carbons (Fsp3) is 0.733. The van der Waals surface area contributed by atoms with Gasteiger partial charge in [0.2, 0.25) is 0 Å². The van der Waals surface area contributed by atoms with E-state index in [-0.39, 0.29) is 0 Å². The standard InChI is InChI=1S/C15H28N4O2S/c1-13-19-14(12-22-13)6-8-18-15(16-2)17-7-4-5-9-21-11-10-20-3/h12H,4-11H2,1-3H3,(H2,16,17,18). The minimum absolute atomic E-state index is 0.660. The molecule has 0 bridgehead atoms. The van der Waals surface area contributed by atoms with Crippen molar-refractivity contribution in [1.82, 2.24) is 15.6 Å². The fourth-order valence-electron chi connectivity index (χ4n) is 1.83. The summed E-state index contributed by atoms with van der Waals surface area (Å²) in [5.41, 5.74) is 1.14. The molecule has 0 aromatic carbocycles. The number of hydrogen-bond donors (Lipinski definition) is 2. The smallest absolute Gasteiger partial charge is 0.190 e. The second-order valence-corrected chi connectivity index (χ2v) is 5.91. The van der Waals surface area contributed by atoms with E-state index in [9.17, 15) is 0 Å². The molecule has 7 heteroatoms. The van der Waals surface area contributed by atoms with Crippen LogP contribution in [-0.2, 0) is 15.9 Å². The quantitative estimate of drug-likeness (QED) is 0.367. The molecular weight excluding hydrogens is 300 g/mol. The van der Waals surface area contributed by atoms with E-state index in [1.54, 1.807) is 25.5 Å². The molecule has 0 radical (unpaired) electrons. The summed E-state index contributed by atoms with van der Waals surface area (Å²) in [6.45, 7) is 5.87. The Labute approximate surface area is 137 Å². The zero-order valence-corrected chi connectivity index (χ0v) is 14.7. The van der Waals surface area contributed by atoms with E-state index in [1.807, 2.05) is 6.92 Å².